The summed E-state index contributed by atoms with van der Waals surface area (Å²) in [5, 5.41) is 4.35. The number of rotatable bonds is 3. The molecule has 1 aliphatic rings. The molecule has 2 heterocycles. The van der Waals surface area contributed by atoms with Gasteiger partial charge in [0.15, 0.2) is 12.2 Å². The molecule has 0 saturated carbocycles. The number of oxazole rings is 1. The van der Waals surface area contributed by atoms with Crippen LogP contribution in [0.3, 0.4) is 0 Å². The predicted molar refractivity (Wildman–Crippen MR) is 75.9 cm³/mol. The van der Waals surface area contributed by atoms with Crippen LogP contribution in [0.4, 0.5) is 5.69 Å². The molecule has 1 fully saturated rings. The molecule has 1 N–H and O–H groups in total. The van der Waals surface area contributed by atoms with Gasteiger partial charge in [0.05, 0.1) is 6.20 Å². The Balaban J connectivity index is 1.75. The van der Waals surface area contributed by atoms with Crippen molar-refractivity contribution < 1.29 is 4.42 Å². The first-order valence-electron chi connectivity index (χ1n) is 6.18. The van der Waals surface area contributed by atoms with Crippen molar-refractivity contribution in [1.82, 2.24) is 4.98 Å². The van der Waals surface area contributed by atoms with Crippen LogP contribution in [-0.2, 0) is 0 Å². The van der Waals surface area contributed by atoms with Crippen LogP contribution in [0.5, 0.6) is 0 Å². The first-order valence-corrected chi connectivity index (χ1v) is 7.23. The molecule has 3 rings (SSSR count). The van der Waals surface area contributed by atoms with E-state index in [9.17, 15) is 0 Å². The van der Waals surface area contributed by atoms with Crippen molar-refractivity contribution in [1.29, 1.82) is 0 Å². The number of aromatic nitrogens is 1. The summed E-state index contributed by atoms with van der Waals surface area (Å²) < 4.78 is 5.32. The smallest absolute Gasteiger partial charge is 0.181 e. The highest BCUT2D eigenvalue weighted by Crippen LogP contribution is 2.29. The Hall–Kier alpha value is -1.42. The van der Waals surface area contributed by atoms with Crippen molar-refractivity contribution in [3.63, 3.8) is 0 Å². The Kier molecular flexibility index (Phi) is 3.28. The third-order valence-electron chi connectivity index (χ3n) is 3.15. The van der Waals surface area contributed by atoms with Gasteiger partial charge < -0.3 is 9.73 Å². The molecule has 0 radical (unpaired) electrons. The Morgan fingerprint density at radius 1 is 1.44 bits per heavy atom. The summed E-state index contributed by atoms with van der Waals surface area (Å²) in [6.07, 6.45) is 4.44. The lowest BCUT2D eigenvalue weighted by molar-refractivity contribution is 0.572. The summed E-state index contributed by atoms with van der Waals surface area (Å²) in [5.74, 6) is 2.00. The molecule has 0 aliphatic carbocycles. The molecule has 2 unspecified atom stereocenters. The molecular weight excluding hydrogens is 244 g/mol. The van der Waals surface area contributed by atoms with Gasteiger partial charge in [-0.25, -0.2) is 4.98 Å². The highest BCUT2D eigenvalue weighted by atomic mass is 32.2. The fourth-order valence-corrected chi connectivity index (χ4v) is 3.42. The molecule has 0 spiro atoms. The van der Waals surface area contributed by atoms with Crippen LogP contribution in [0.1, 0.15) is 13.3 Å². The van der Waals surface area contributed by atoms with E-state index in [1.807, 2.05) is 23.9 Å². The molecule has 2 aromatic rings. The van der Waals surface area contributed by atoms with Crippen molar-refractivity contribution in [2.24, 2.45) is 0 Å². The number of hydrogen-bond donors (Lipinski definition) is 1. The van der Waals surface area contributed by atoms with Crippen molar-refractivity contribution in [3.8, 4) is 11.3 Å². The fraction of sp³-hybridized carbons (Fsp3) is 0.357. The van der Waals surface area contributed by atoms with Crippen LogP contribution in [0.2, 0.25) is 0 Å². The maximum absolute atomic E-state index is 5.32. The summed E-state index contributed by atoms with van der Waals surface area (Å²) >= 11 is 2.04. The van der Waals surface area contributed by atoms with Crippen molar-refractivity contribution in [2.45, 2.75) is 24.6 Å². The number of hydrogen-bond acceptors (Lipinski definition) is 4. The summed E-state index contributed by atoms with van der Waals surface area (Å²) in [6, 6.07) is 8.89. The average molecular weight is 260 g/mol. The predicted octanol–water partition coefficient (Wildman–Crippen LogP) is 3.65. The molecule has 2 atom stereocenters. The molecule has 18 heavy (non-hydrogen) atoms. The van der Waals surface area contributed by atoms with Gasteiger partial charge in [0.25, 0.3) is 0 Å². The molecule has 1 aromatic heterocycles. The number of benzene rings is 1. The minimum Gasteiger partial charge on any atom is -0.444 e. The van der Waals surface area contributed by atoms with Crippen molar-refractivity contribution >= 4 is 17.4 Å². The van der Waals surface area contributed by atoms with E-state index in [0.29, 0.717) is 6.04 Å². The standard InChI is InChI=1S/C14H16N2OS/c1-10-5-13(8-18-10)16-12-4-2-3-11(6-12)14-7-15-9-17-14/h2-4,6-7,9-10,13,16H,5,8H2,1H3. The second kappa shape index (κ2) is 5.06. The first kappa shape index (κ1) is 11.7. The van der Waals surface area contributed by atoms with Crippen molar-refractivity contribution in [2.75, 3.05) is 11.1 Å². The number of nitrogens with zero attached hydrogens (tertiary/aromatic N) is 1. The highest BCUT2D eigenvalue weighted by Gasteiger charge is 2.21. The topological polar surface area (TPSA) is 38.1 Å². The van der Waals surface area contributed by atoms with E-state index in [0.717, 1.165) is 22.3 Å². The van der Waals surface area contributed by atoms with E-state index < -0.39 is 0 Å². The molecule has 0 amide bonds. The van der Waals surface area contributed by atoms with E-state index >= 15 is 0 Å². The Morgan fingerprint density at radius 2 is 2.39 bits per heavy atom. The molecule has 3 nitrogen and oxygen atoms in total. The van der Waals surface area contributed by atoms with Gasteiger partial charge >= 0.3 is 0 Å². The van der Waals surface area contributed by atoms with Gasteiger partial charge in [-0.1, -0.05) is 19.1 Å². The van der Waals surface area contributed by atoms with Gasteiger partial charge in [-0.2, -0.15) is 11.8 Å². The van der Waals surface area contributed by atoms with Gasteiger partial charge in [0.1, 0.15) is 0 Å². The monoisotopic (exact) mass is 260 g/mol. The molecule has 0 bridgehead atoms. The quantitative estimate of drug-likeness (QED) is 0.914. The van der Waals surface area contributed by atoms with Crippen LogP contribution in [-0.4, -0.2) is 22.0 Å². The third-order valence-corrected chi connectivity index (χ3v) is 4.50. The molecule has 1 aromatic carbocycles. The molecular formula is C14H16N2OS. The highest BCUT2D eigenvalue weighted by molar-refractivity contribution is 8.00. The van der Waals surface area contributed by atoms with Gasteiger partial charge in [-0.05, 0) is 18.6 Å². The Labute approximate surface area is 111 Å². The maximum atomic E-state index is 5.32. The van der Waals surface area contributed by atoms with E-state index in [2.05, 4.69) is 29.4 Å². The summed E-state index contributed by atoms with van der Waals surface area (Å²) in [6.45, 7) is 2.29. The lowest BCUT2D eigenvalue weighted by atomic mass is 10.1. The zero-order valence-electron chi connectivity index (χ0n) is 10.3. The van der Waals surface area contributed by atoms with E-state index in [1.54, 1.807) is 6.20 Å². The van der Waals surface area contributed by atoms with Crippen LogP contribution in [0.15, 0.2) is 41.3 Å². The van der Waals surface area contributed by atoms with E-state index in [4.69, 9.17) is 4.42 Å². The van der Waals surface area contributed by atoms with Gasteiger partial charge in [0.2, 0.25) is 0 Å². The van der Waals surface area contributed by atoms with E-state index in [-0.39, 0.29) is 0 Å². The average Bonchev–Trinajstić information content (AvgIpc) is 3.01. The molecule has 1 saturated heterocycles. The van der Waals surface area contributed by atoms with Crippen molar-refractivity contribution in [3.05, 3.63) is 36.9 Å². The van der Waals surface area contributed by atoms with Gasteiger partial charge in [-0.15, -0.1) is 0 Å². The minimum atomic E-state index is 0.579. The summed E-state index contributed by atoms with van der Waals surface area (Å²) in [7, 11) is 0. The fourth-order valence-electron chi connectivity index (χ4n) is 2.27. The molecule has 1 aliphatic heterocycles. The van der Waals surface area contributed by atoms with E-state index in [1.165, 1.54) is 18.6 Å². The summed E-state index contributed by atoms with van der Waals surface area (Å²) in [5.41, 5.74) is 2.22. The largest absolute Gasteiger partial charge is 0.444 e. The van der Waals surface area contributed by atoms with Crippen LogP contribution >= 0.6 is 11.8 Å². The number of anilines is 1. The SMILES string of the molecule is CC1CC(Nc2cccc(-c3cnco3)c2)CS1. The zero-order valence-corrected chi connectivity index (χ0v) is 11.1. The molecule has 94 valence electrons. The van der Waals surface area contributed by atoms with Gasteiger partial charge in [0, 0.05) is 28.3 Å². The van der Waals surface area contributed by atoms with Gasteiger partial charge in [-0.3, -0.25) is 0 Å². The number of nitrogens with one attached hydrogen (secondary N) is 1. The maximum Gasteiger partial charge on any atom is 0.181 e. The lowest BCUT2D eigenvalue weighted by Gasteiger charge is -2.13. The second-order valence-corrected chi connectivity index (χ2v) is 6.14. The summed E-state index contributed by atoms with van der Waals surface area (Å²) in [4.78, 5) is 3.95. The Morgan fingerprint density at radius 3 is 3.11 bits per heavy atom. The second-order valence-electron chi connectivity index (χ2n) is 4.67. The third kappa shape index (κ3) is 2.53. The first-order chi connectivity index (χ1) is 8.81. The minimum absolute atomic E-state index is 0.579. The zero-order chi connectivity index (χ0) is 12.4. The van der Waals surface area contributed by atoms with Crippen LogP contribution in [0, 0.1) is 0 Å². The lowest BCUT2D eigenvalue weighted by Crippen LogP contribution is -2.18. The Bertz CT molecular complexity index is 512. The normalized spacial score (nSPS) is 23.2. The van der Waals surface area contributed by atoms with Crippen LogP contribution < -0.4 is 5.32 Å². The number of thioether (sulfide) groups is 1. The van der Waals surface area contributed by atoms with Crippen LogP contribution in [0.25, 0.3) is 11.3 Å². The molecule has 4 heteroatoms.